The van der Waals surface area contributed by atoms with Crippen molar-refractivity contribution in [2.75, 3.05) is 0 Å². The number of hydrogen-bond acceptors (Lipinski definition) is 4. The molecule has 1 aromatic rings. The summed E-state index contributed by atoms with van der Waals surface area (Å²) in [6.07, 6.45) is -4.73. The van der Waals surface area contributed by atoms with Crippen molar-refractivity contribution in [1.29, 1.82) is 5.26 Å². The highest BCUT2D eigenvalue weighted by molar-refractivity contribution is 9.18. The highest BCUT2D eigenvalue weighted by atomic mass is 79.9. The van der Waals surface area contributed by atoms with Gasteiger partial charge in [0.15, 0.2) is 5.82 Å². The van der Waals surface area contributed by atoms with Gasteiger partial charge in [0, 0.05) is 0 Å². The second-order valence-electron chi connectivity index (χ2n) is 3.56. The lowest BCUT2D eigenvalue weighted by Gasteiger charge is -2.09. The highest BCUT2D eigenvalue weighted by Gasteiger charge is 2.32. The Morgan fingerprint density at radius 1 is 1.43 bits per heavy atom. The first-order chi connectivity index (χ1) is 9.57. The van der Waals surface area contributed by atoms with E-state index >= 15 is 0 Å². The van der Waals surface area contributed by atoms with Gasteiger partial charge in [0.25, 0.3) is 0 Å². The Bertz CT molecular complexity index is 656. The van der Waals surface area contributed by atoms with Crippen LogP contribution in [0, 0.1) is 17.1 Å². The summed E-state index contributed by atoms with van der Waals surface area (Å²) in [5, 5.41) is 8.03. The van der Waals surface area contributed by atoms with Gasteiger partial charge < -0.3 is 5.73 Å². The van der Waals surface area contributed by atoms with E-state index in [0.29, 0.717) is 6.07 Å². The minimum atomic E-state index is -4.73. The third kappa shape index (κ3) is 4.36. The van der Waals surface area contributed by atoms with E-state index in [1.807, 2.05) is 0 Å². The number of benzene rings is 1. The summed E-state index contributed by atoms with van der Waals surface area (Å²) in [7, 11) is 0. The summed E-state index contributed by atoms with van der Waals surface area (Å²) < 4.78 is 51.0. The minimum Gasteiger partial charge on any atom is -0.389 e. The standard InChI is InChI=1S/C11H5BrClF4N3S/c12-10(9(21)7(19)3-18)20-8-5(13)1-4(2-6(8)14)11(15,16)17/h1-2,21H,19H2/b9-7+,20-10?. The quantitative estimate of drug-likeness (QED) is 0.330. The van der Waals surface area contributed by atoms with Crippen LogP contribution in [-0.4, -0.2) is 4.62 Å². The van der Waals surface area contributed by atoms with Crippen LogP contribution in [-0.2, 0) is 6.18 Å². The normalized spacial score (nSPS) is 13.7. The summed E-state index contributed by atoms with van der Waals surface area (Å²) in [4.78, 5) is 3.54. The zero-order chi connectivity index (χ0) is 16.4. The largest absolute Gasteiger partial charge is 0.416 e. The van der Waals surface area contributed by atoms with Crippen molar-refractivity contribution in [1.82, 2.24) is 0 Å². The number of hydrogen-bond donors (Lipinski definition) is 2. The Kier molecular flexibility index (Phi) is 5.67. The number of halogens is 6. The molecule has 0 unspecified atom stereocenters. The summed E-state index contributed by atoms with van der Waals surface area (Å²) >= 11 is 12.4. The Balaban J connectivity index is 3.39. The number of nitriles is 1. The SMILES string of the molecule is N#C/C(N)=C(\S)C(Br)=Nc1c(F)cc(C(F)(F)F)cc1Cl. The van der Waals surface area contributed by atoms with Crippen LogP contribution in [0.2, 0.25) is 5.02 Å². The first-order valence-electron chi connectivity index (χ1n) is 4.97. The van der Waals surface area contributed by atoms with E-state index in [4.69, 9.17) is 22.6 Å². The lowest BCUT2D eigenvalue weighted by molar-refractivity contribution is -0.137. The molecule has 1 rings (SSSR count). The molecular weight excluding hydrogens is 398 g/mol. The maximum atomic E-state index is 13.7. The molecule has 0 saturated heterocycles. The highest BCUT2D eigenvalue weighted by Crippen LogP contribution is 2.37. The first kappa shape index (κ1) is 17.8. The molecule has 0 saturated carbocycles. The summed E-state index contributed by atoms with van der Waals surface area (Å²) in [5.41, 5.74) is 3.20. The van der Waals surface area contributed by atoms with Crippen LogP contribution in [0.25, 0.3) is 0 Å². The van der Waals surface area contributed by atoms with Crippen LogP contribution >= 0.6 is 40.2 Å². The average molecular weight is 403 g/mol. The van der Waals surface area contributed by atoms with Gasteiger partial charge in [0.05, 0.1) is 15.5 Å². The zero-order valence-corrected chi connectivity index (χ0v) is 13.1. The minimum absolute atomic E-state index is 0.104. The molecule has 0 aliphatic carbocycles. The number of nitrogens with two attached hydrogens (primary N) is 1. The number of aliphatic imine (C=N–C) groups is 1. The predicted molar refractivity (Wildman–Crippen MR) is 78.2 cm³/mol. The molecule has 0 heterocycles. The number of thiol groups is 1. The van der Waals surface area contributed by atoms with E-state index in [1.165, 1.54) is 0 Å². The van der Waals surface area contributed by atoms with Gasteiger partial charge in [-0.15, -0.1) is 12.6 Å². The van der Waals surface area contributed by atoms with Gasteiger partial charge in [-0.25, -0.2) is 9.38 Å². The zero-order valence-electron chi connectivity index (χ0n) is 9.84. The van der Waals surface area contributed by atoms with Crippen molar-refractivity contribution in [2.45, 2.75) is 6.18 Å². The summed E-state index contributed by atoms with van der Waals surface area (Å²) in [6.45, 7) is 0. The molecule has 0 aliphatic heterocycles. The first-order valence-corrected chi connectivity index (χ1v) is 6.59. The smallest absolute Gasteiger partial charge is 0.389 e. The van der Waals surface area contributed by atoms with Gasteiger partial charge in [-0.2, -0.15) is 18.4 Å². The second kappa shape index (κ2) is 6.68. The summed E-state index contributed by atoms with van der Waals surface area (Å²) in [6, 6.07) is 2.39. The number of rotatable bonds is 2. The maximum Gasteiger partial charge on any atom is 0.416 e. The van der Waals surface area contributed by atoms with E-state index < -0.39 is 28.3 Å². The van der Waals surface area contributed by atoms with Crippen molar-refractivity contribution >= 4 is 50.5 Å². The van der Waals surface area contributed by atoms with Crippen molar-refractivity contribution in [3.8, 4) is 6.07 Å². The van der Waals surface area contributed by atoms with Crippen LogP contribution in [0.5, 0.6) is 0 Å². The van der Waals surface area contributed by atoms with Crippen LogP contribution in [0.1, 0.15) is 5.56 Å². The van der Waals surface area contributed by atoms with Gasteiger partial charge in [-0.1, -0.05) is 11.6 Å². The molecular formula is C11H5BrClF4N3S. The van der Waals surface area contributed by atoms with Gasteiger partial charge in [0.1, 0.15) is 22.1 Å². The van der Waals surface area contributed by atoms with Crippen LogP contribution in [0.15, 0.2) is 27.7 Å². The van der Waals surface area contributed by atoms with Crippen LogP contribution < -0.4 is 5.73 Å². The molecule has 1 aromatic carbocycles. The molecule has 0 bridgehead atoms. The topological polar surface area (TPSA) is 62.2 Å². The molecule has 0 radical (unpaired) electrons. The van der Waals surface area contributed by atoms with E-state index in [1.54, 1.807) is 6.07 Å². The monoisotopic (exact) mass is 401 g/mol. The lowest BCUT2D eigenvalue weighted by Crippen LogP contribution is -2.05. The molecule has 2 N–H and O–H groups in total. The van der Waals surface area contributed by atoms with Gasteiger partial charge in [-0.05, 0) is 28.1 Å². The molecule has 10 heteroatoms. The number of nitrogens with zero attached hydrogens (tertiary/aromatic N) is 2. The summed E-state index contributed by atoms with van der Waals surface area (Å²) in [5.74, 6) is -1.27. The van der Waals surface area contributed by atoms with Crippen LogP contribution in [0.3, 0.4) is 0 Å². The van der Waals surface area contributed by atoms with E-state index in [2.05, 4.69) is 33.6 Å². The maximum absolute atomic E-state index is 13.7. The van der Waals surface area contributed by atoms with E-state index in [-0.39, 0.29) is 21.3 Å². The lowest BCUT2D eigenvalue weighted by atomic mass is 10.2. The third-order valence-electron chi connectivity index (χ3n) is 2.13. The molecule has 0 aliphatic rings. The van der Waals surface area contributed by atoms with Gasteiger partial charge in [0.2, 0.25) is 0 Å². The fourth-order valence-corrected chi connectivity index (χ4v) is 1.89. The Morgan fingerprint density at radius 3 is 2.43 bits per heavy atom. The molecule has 0 amide bonds. The molecule has 0 atom stereocenters. The van der Waals surface area contributed by atoms with Gasteiger partial charge >= 0.3 is 6.18 Å². The van der Waals surface area contributed by atoms with Crippen molar-refractivity contribution in [2.24, 2.45) is 10.7 Å². The molecule has 3 nitrogen and oxygen atoms in total. The molecule has 0 aromatic heterocycles. The van der Waals surface area contributed by atoms with E-state index in [0.717, 1.165) is 0 Å². The second-order valence-corrected chi connectivity index (χ2v) is 5.17. The van der Waals surface area contributed by atoms with Crippen molar-refractivity contribution < 1.29 is 17.6 Å². The van der Waals surface area contributed by atoms with Gasteiger partial charge in [-0.3, -0.25) is 0 Å². The molecule has 21 heavy (non-hydrogen) atoms. The Hall–Kier alpha value is -1.24. The molecule has 0 fully saturated rings. The van der Waals surface area contributed by atoms with Crippen LogP contribution in [0.4, 0.5) is 23.2 Å². The fraction of sp³-hybridized carbons (Fsp3) is 0.0909. The molecule has 112 valence electrons. The average Bonchev–Trinajstić information content (AvgIpc) is 2.39. The Labute approximate surface area is 135 Å². The number of alkyl halides is 3. The van der Waals surface area contributed by atoms with Crippen molar-refractivity contribution in [3.63, 3.8) is 0 Å². The fourth-order valence-electron chi connectivity index (χ4n) is 1.15. The van der Waals surface area contributed by atoms with E-state index in [9.17, 15) is 17.6 Å². The predicted octanol–water partition coefficient (Wildman–Crippen LogP) is 4.55. The molecule has 0 spiro atoms. The Morgan fingerprint density at radius 2 is 2.00 bits per heavy atom. The third-order valence-corrected chi connectivity index (χ3v) is 3.75. The van der Waals surface area contributed by atoms with Crippen molar-refractivity contribution in [3.05, 3.63) is 39.1 Å². The number of allylic oxidation sites excluding steroid dienone is 2.